The van der Waals surface area contributed by atoms with Crippen molar-refractivity contribution in [1.29, 1.82) is 0 Å². The van der Waals surface area contributed by atoms with Crippen molar-refractivity contribution < 1.29 is 9.59 Å². The molecule has 0 bridgehead atoms. The van der Waals surface area contributed by atoms with Crippen LogP contribution in [-0.2, 0) is 22.6 Å². The number of amides is 2. The number of rotatable bonds is 3. The fourth-order valence-electron chi connectivity index (χ4n) is 5.25. The molecule has 2 unspecified atom stereocenters. The number of hydrogen-bond acceptors (Lipinski definition) is 2. The number of benzene rings is 3. The van der Waals surface area contributed by atoms with Gasteiger partial charge >= 0.3 is 0 Å². The van der Waals surface area contributed by atoms with E-state index >= 15 is 0 Å². The molecule has 164 valence electrons. The highest BCUT2D eigenvalue weighted by Crippen LogP contribution is 2.42. The van der Waals surface area contributed by atoms with Gasteiger partial charge < -0.3 is 14.8 Å². The third kappa shape index (κ3) is 3.31. The molecular weight excluding hydrogens is 434 g/mol. The first kappa shape index (κ1) is 20.1. The maximum absolute atomic E-state index is 13.7. The topological polar surface area (TPSA) is 56.4 Å². The average Bonchev–Trinajstić information content (AvgIpc) is 3.21. The van der Waals surface area contributed by atoms with Crippen LogP contribution < -0.4 is 0 Å². The summed E-state index contributed by atoms with van der Waals surface area (Å²) in [6, 6.07) is 24.7. The second-order valence-corrected chi connectivity index (χ2v) is 9.15. The van der Waals surface area contributed by atoms with E-state index in [4.69, 9.17) is 11.6 Å². The predicted molar refractivity (Wildman–Crippen MR) is 128 cm³/mol. The molecule has 2 atom stereocenters. The summed E-state index contributed by atoms with van der Waals surface area (Å²) in [5.41, 5.74) is 5.11. The maximum Gasteiger partial charge on any atom is 0.246 e. The Labute approximate surface area is 196 Å². The van der Waals surface area contributed by atoms with Gasteiger partial charge in [-0.2, -0.15) is 0 Å². The van der Waals surface area contributed by atoms with Crippen molar-refractivity contribution in [2.75, 3.05) is 6.54 Å². The number of aromatic amines is 1. The molecule has 5 nitrogen and oxygen atoms in total. The summed E-state index contributed by atoms with van der Waals surface area (Å²) in [6.45, 7) is 0.458. The third-order valence-electron chi connectivity index (χ3n) is 6.74. The van der Waals surface area contributed by atoms with E-state index < -0.39 is 6.04 Å². The molecule has 0 spiro atoms. The summed E-state index contributed by atoms with van der Waals surface area (Å²) >= 11 is 6.01. The molecule has 4 aromatic rings. The fourth-order valence-corrected chi connectivity index (χ4v) is 5.38. The summed E-state index contributed by atoms with van der Waals surface area (Å²) in [6.07, 6.45) is 0.504. The molecule has 1 fully saturated rings. The van der Waals surface area contributed by atoms with Crippen molar-refractivity contribution in [3.05, 3.63) is 106 Å². The SMILES string of the molecule is O=C1C2Cc3c([nH]c4ccccc34)C(c3ccccc3)N2C(=O)CN1Cc1ccc(Cl)cc1. The maximum atomic E-state index is 13.7. The Bertz CT molecular complexity index is 1360. The molecule has 1 aromatic heterocycles. The number of fused-ring (bicyclic) bond motifs is 4. The van der Waals surface area contributed by atoms with Gasteiger partial charge in [0.05, 0.1) is 6.04 Å². The molecule has 1 N–H and O–H groups in total. The first-order chi connectivity index (χ1) is 16.1. The van der Waals surface area contributed by atoms with Crippen molar-refractivity contribution >= 4 is 34.3 Å². The van der Waals surface area contributed by atoms with Crippen LogP contribution in [0.3, 0.4) is 0 Å². The Balaban J connectivity index is 1.44. The normalized spacial score (nSPS) is 20.2. The third-order valence-corrected chi connectivity index (χ3v) is 7.00. The number of carbonyl (C=O) groups is 2. The number of nitrogens with one attached hydrogen (secondary N) is 1. The van der Waals surface area contributed by atoms with E-state index in [0.29, 0.717) is 18.0 Å². The quantitative estimate of drug-likeness (QED) is 0.486. The monoisotopic (exact) mass is 455 g/mol. The van der Waals surface area contributed by atoms with Gasteiger partial charge in [-0.25, -0.2) is 0 Å². The Morgan fingerprint density at radius 2 is 1.64 bits per heavy atom. The van der Waals surface area contributed by atoms with Crippen molar-refractivity contribution in [2.24, 2.45) is 0 Å². The Kier molecular flexibility index (Phi) is 4.73. The summed E-state index contributed by atoms with van der Waals surface area (Å²) in [7, 11) is 0. The lowest BCUT2D eigenvalue weighted by atomic mass is 9.86. The van der Waals surface area contributed by atoms with E-state index in [9.17, 15) is 9.59 Å². The molecule has 6 heteroatoms. The van der Waals surface area contributed by atoms with Crippen LogP contribution in [0.2, 0.25) is 5.02 Å². The summed E-state index contributed by atoms with van der Waals surface area (Å²) in [4.78, 5) is 34.3. The van der Waals surface area contributed by atoms with Crippen LogP contribution in [0.15, 0.2) is 78.9 Å². The van der Waals surface area contributed by atoms with Gasteiger partial charge in [0.25, 0.3) is 0 Å². The first-order valence-corrected chi connectivity index (χ1v) is 11.5. The molecular formula is C27H22ClN3O2. The molecule has 2 aliphatic rings. The smallest absolute Gasteiger partial charge is 0.246 e. The van der Waals surface area contributed by atoms with E-state index in [1.54, 1.807) is 9.80 Å². The molecule has 0 aliphatic carbocycles. The highest BCUT2D eigenvalue weighted by atomic mass is 35.5. The lowest BCUT2D eigenvalue weighted by Gasteiger charge is -2.47. The number of H-pyrrole nitrogens is 1. The molecule has 33 heavy (non-hydrogen) atoms. The summed E-state index contributed by atoms with van der Waals surface area (Å²) in [5, 5.41) is 1.76. The highest BCUT2D eigenvalue weighted by molar-refractivity contribution is 6.30. The minimum absolute atomic E-state index is 0.0126. The lowest BCUT2D eigenvalue weighted by Crippen LogP contribution is -2.62. The van der Waals surface area contributed by atoms with E-state index in [2.05, 4.69) is 11.1 Å². The zero-order valence-corrected chi connectivity index (χ0v) is 18.6. The number of para-hydroxylation sites is 1. The van der Waals surface area contributed by atoms with Crippen molar-refractivity contribution in [2.45, 2.75) is 25.0 Å². The number of hydrogen-bond donors (Lipinski definition) is 1. The van der Waals surface area contributed by atoms with Crippen molar-refractivity contribution in [3.63, 3.8) is 0 Å². The van der Waals surface area contributed by atoms with Crippen LogP contribution in [-0.4, -0.2) is 39.2 Å². The minimum atomic E-state index is -0.532. The van der Waals surface area contributed by atoms with Crippen LogP contribution in [0.4, 0.5) is 0 Å². The largest absolute Gasteiger partial charge is 0.356 e. The Morgan fingerprint density at radius 1 is 0.909 bits per heavy atom. The molecule has 2 aliphatic heterocycles. The fraction of sp³-hybridized carbons (Fsp3) is 0.185. The van der Waals surface area contributed by atoms with Gasteiger partial charge in [0.15, 0.2) is 0 Å². The molecule has 1 saturated heterocycles. The molecule has 3 heterocycles. The van der Waals surface area contributed by atoms with Crippen molar-refractivity contribution in [3.8, 4) is 0 Å². The van der Waals surface area contributed by atoms with E-state index in [-0.39, 0.29) is 24.4 Å². The standard InChI is InChI=1S/C27H22ClN3O2/c28-19-12-10-17(11-13-19)15-30-16-24(32)31-23(27(30)33)14-21-20-8-4-5-9-22(20)29-25(21)26(31)18-6-2-1-3-7-18/h1-13,23,26,29H,14-16H2. The zero-order valence-electron chi connectivity index (χ0n) is 17.9. The second-order valence-electron chi connectivity index (χ2n) is 8.72. The van der Waals surface area contributed by atoms with Crippen LogP contribution in [0.25, 0.3) is 10.9 Å². The van der Waals surface area contributed by atoms with E-state index in [1.807, 2.05) is 72.8 Å². The van der Waals surface area contributed by atoms with Gasteiger partial charge in [-0.3, -0.25) is 9.59 Å². The number of carbonyl (C=O) groups excluding carboxylic acids is 2. The number of piperazine rings is 1. The second kappa shape index (κ2) is 7.78. The Morgan fingerprint density at radius 3 is 2.42 bits per heavy atom. The molecule has 6 rings (SSSR count). The van der Waals surface area contributed by atoms with Crippen molar-refractivity contribution in [1.82, 2.24) is 14.8 Å². The van der Waals surface area contributed by atoms with Crippen LogP contribution in [0.1, 0.15) is 28.4 Å². The number of nitrogens with zero attached hydrogens (tertiary/aromatic N) is 2. The number of aromatic nitrogens is 1. The predicted octanol–water partition coefficient (Wildman–Crippen LogP) is 4.71. The van der Waals surface area contributed by atoms with Gasteiger partial charge in [0.1, 0.15) is 12.6 Å². The molecule has 0 radical (unpaired) electrons. The summed E-state index contributed by atoms with van der Waals surface area (Å²) < 4.78 is 0. The lowest BCUT2D eigenvalue weighted by molar-refractivity contribution is -0.159. The molecule has 3 aromatic carbocycles. The van der Waals surface area contributed by atoms with Crippen LogP contribution >= 0.6 is 11.6 Å². The van der Waals surface area contributed by atoms with Gasteiger partial charge in [-0.05, 0) is 34.9 Å². The minimum Gasteiger partial charge on any atom is -0.356 e. The molecule has 2 amide bonds. The average molecular weight is 456 g/mol. The molecule has 0 saturated carbocycles. The van der Waals surface area contributed by atoms with E-state index in [0.717, 1.165) is 33.3 Å². The van der Waals surface area contributed by atoms with Crippen LogP contribution in [0, 0.1) is 0 Å². The first-order valence-electron chi connectivity index (χ1n) is 11.1. The van der Waals surface area contributed by atoms with Gasteiger partial charge in [0, 0.05) is 34.6 Å². The highest BCUT2D eigenvalue weighted by Gasteiger charge is 2.48. The van der Waals surface area contributed by atoms with Gasteiger partial charge in [-0.1, -0.05) is 72.3 Å². The Hall–Kier alpha value is -3.57. The van der Waals surface area contributed by atoms with Gasteiger partial charge in [0.2, 0.25) is 11.8 Å². The zero-order chi connectivity index (χ0) is 22.5. The van der Waals surface area contributed by atoms with Gasteiger partial charge in [-0.15, -0.1) is 0 Å². The number of halogens is 1. The summed E-state index contributed by atoms with van der Waals surface area (Å²) in [5.74, 6) is -0.0480. The van der Waals surface area contributed by atoms with E-state index in [1.165, 1.54) is 0 Å². The van der Waals surface area contributed by atoms with Crippen LogP contribution in [0.5, 0.6) is 0 Å².